The SMILES string of the molecule is C=CCSCC(=O)N1CCN(c2ncccn2)CC1. The van der Waals surface area contributed by atoms with E-state index < -0.39 is 0 Å². The summed E-state index contributed by atoms with van der Waals surface area (Å²) in [4.78, 5) is 24.4. The molecule has 1 amide bonds. The molecule has 0 unspecified atom stereocenters. The smallest absolute Gasteiger partial charge is 0.232 e. The van der Waals surface area contributed by atoms with Gasteiger partial charge in [0.05, 0.1) is 5.75 Å². The van der Waals surface area contributed by atoms with E-state index in [2.05, 4.69) is 21.4 Å². The minimum atomic E-state index is 0.209. The summed E-state index contributed by atoms with van der Waals surface area (Å²) in [6, 6.07) is 1.81. The average Bonchev–Trinajstić information content (AvgIpc) is 2.48. The molecule has 0 spiro atoms. The Balaban J connectivity index is 1.79. The average molecular weight is 278 g/mol. The van der Waals surface area contributed by atoms with Gasteiger partial charge in [-0.05, 0) is 6.07 Å². The van der Waals surface area contributed by atoms with Gasteiger partial charge in [-0.25, -0.2) is 9.97 Å². The molecule has 0 aromatic carbocycles. The lowest BCUT2D eigenvalue weighted by Gasteiger charge is -2.34. The molecule has 0 radical (unpaired) electrons. The van der Waals surface area contributed by atoms with Crippen molar-refractivity contribution >= 4 is 23.6 Å². The van der Waals surface area contributed by atoms with Crippen LogP contribution in [-0.2, 0) is 4.79 Å². The minimum Gasteiger partial charge on any atom is -0.338 e. The normalized spacial score (nSPS) is 15.4. The van der Waals surface area contributed by atoms with Crippen molar-refractivity contribution < 1.29 is 4.79 Å². The third kappa shape index (κ3) is 3.96. The van der Waals surface area contributed by atoms with Crippen molar-refractivity contribution in [1.29, 1.82) is 0 Å². The van der Waals surface area contributed by atoms with Crippen LogP contribution in [0.4, 0.5) is 5.95 Å². The van der Waals surface area contributed by atoms with Gasteiger partial charge in [0.2, 0.25) is 11.9 Å². The Labute approximate surface area is 117 Å². The molecule has 1 aromatic rings. The van der Waals surface area contributed by atoms with Crippen LogP contribution >= 0.6 is 11.8 Å². The summed E-state index contributed by atoms with van der Waals surface area (Å²) in [6.07, 6.45) is 5.31. The number of hydrogen-bond acceptors (Lipinski definition) is 5. The lowest BCUT2D eigenvalue weighted by atomic mass is 10.3. The topological polar surface area (TPSA) is 49.3 Å². The van der Waals surface area contributed by atoms with E-state index in [9.17, 15) is 4.79 Å². The van der Waals surface area contributed by atoms with Crippen LogP contribution in [0, 0.1) is 0 Å². The second-order valence-electron chi connectivity index (χ2n) is 4.22. The summed E-state index contributed by atoms with van der Waals surface area (Å²) in [7, 11) is 0. The van der Waals surface area contributed by atoms with Crippen molar-refractivity contribution in [2.75, 3.05) is 42.6 Å². The van der Waals surface area contributed by atoms with E-state index in [1.54, 1.807) is 30.2 Å². The Hall–Kier alpha value is -1.56. The van der Waals surface area contributed by atoms with Gasteiger partial charge in [-0.1, -0.05) is 6.08 Å². The van der Waals surface area contributed by atoms with Gasteiger partial charge in [0.25, 0.3) is 0 Å². The van der Waals surface area contributed by atoms with Crippen molar-refractivity contribution in [1.82, 2.24) is 14.9 Å². The highest BCUT2D eigenvalue weighted by molar-refractivity contribution is 8.00. The summed E-state index contributed by atoms with van der Waals surface area (Å²) < 4.78 is 0. The van der Waals surface area contributed by atoms with Crippen molar-refractivity contribution in [3.8, 4) is 0 Å². The van der Waals surface area contributed by atoms with Gasteiger partial charge in [-0.15, -0.1) is 18.3 Å². The maximum absolute atomic E-state index is 11.9. The van der Waals surface area contributed by atoms with Crippen LogP contribution < -0.4 is 4.90 Å². The molecule has 6 heteroatoms. The number of piperazine rings is 1. The molecule has 0 bridgehead atoms. The van der Waals surface area contributed by atoms with E-state index in [1.807, 2.05) is 11.0 Å². The van der Waals surface area contributed by atoms with Crippen LogP contribution in [0.5, 0.6) is 0 Å². The molecule has 5 nitrogen and oxygen atoms in total. The summed E-state index contributed by atoms with van der Waals surface area (Å²) in [6.45, 7) is 6.72. The van der Waals surface area contributed by atoms with Crippen LogP contribution in [0.1, 0.15) is 0 Å². The van der Waals surface area contributed by atoms with Crippen LogP contribution in [0.15, 0.2) is 31.1 Å². The number of anilines is 1. The zero-order valence-corrected chi connectivity index (χ0v) is 11.7. The molecule has 2 heterocycles. The molecule has 0 aliphatic carbocycles. The van der Waals surface area contributed by atoms with E-state index in [1.165, 1.54) is 0 Å². The van der Waals surface area contributed by atoms with Gasteiger partial charge in [-0.2, -0.15) is 0 Å². The Kier molecular flexibility index (Phi) is 5.20. The maximum atomic E-state index is 11.9. The van der Waals surface area contributed by atoms with Crippen molar-refractivity contribution in [2.24, 2.45) is 0 Å². The van der Waals surface area contributed by atoms with E-state index in [0.717, 1.165) is 37.9 Å². The predicted octanol–water partition coefficient (Wildman–Crippen LogP) is 1.04. The van der Waals surface area contributed by atoms with Gasteiger partial charge in [-0.3, -0.25) is 4.79 Å². The van der Waals surface area contributed by atoms with Crippen LogP contribution in [0.25, 0.3) is 0 Å². The molecular formula is C13H18N4OS. The number of rotatable bonds is 5. The lowest BCUT2D eigenvalue weighted by molar-refractivity contribution is -0.128. The zero-order valence-electron chi connectivity index (χ0n) is 10.9. The second kappa shape index (κ2) is 7.13. The van der Waals surface area contributed by atoms with Gasteiger partial charge in [0, 0.05) is 44.3 Å². The highest BCUT2D eigenvalue weighted by Gasteiger charge is 2.21. The third-order valence-electron chi connectivity index (χ3n) is 2.93. The number of aromatic nitrogens is 2. The number of amides is 1. The molecular weight excluding hydrogens is 260 g/mol. The molecule has 0 atom stereocenters. The standard InChI is InChI=1S/C13H18N4OS/c1-2-10-19-11-12(18)16-6-8-17(9-7-16)13-14-4-3-5-15-13/h2-5H,1,6-11H2. The third-order valence-corrected chi connectivity index (χ3v) is 3.85. The molecule has 0 saturated carbocycles. The molecule has 1 fully saturated rings. The number of thioether (sulfide) groups is 1. The number of nitrogens with zero attached hydrogens (tertiary/aromatic N) is 4. The molecule has 0 N–H and O–H groups in total. The maximum Gasteiger partial charge on any atom is 0.232 e. The zero-order chi connectivity index (χ0) is 13.5. The quantitative estimate of drug-likeness (QED) is 0.595. The first-order valence-corrected chi connectivity index (χ1v) is 7.45. The van der Waals surface area contributed by atoms with E-state index in [4.69, 9.17) is 0 Å². The number of carbonyl (C=O) groups excluding carboxylic acids is 1. The molecule has 19 heavy (non-hydrogen) atoms. The molecule has 2 rings (SSSR count). The van der Waals surface area contributed by atoms with Crippen LogP contribution in [-0.4, -0.2) is 58.5 Å². The Bertz CT molecular complexity index is 418. The summed E-state index contributed by atoms with van der Waals surface area (Å²) in [5.41, 5.74) is 0. The first kappa shape index (κ1) is 13.9. The van der Waals surface area contributed by atoms with Crippen molar-refractivity contribution in [3.05, 3.63) is 31.1 Å². The Morgan fingerprint density at radius 2 is 2.00 bits per heavy atom. The fraction of sp³-hybridized carbons (Fsp3) is 0.462. The molecule has 1 saturated heterocycles. The first-order valence-electron chi connectivity index (χ1n) is 6.29. The molecule has 1 aliphatic heterocycles. The van der Waals surface area contributed by atoms with Gasteiger partial charge in [0.15, 0.2) is 0 Å². The van der Waals surface area contributed by atoms with Crippen LogP contribution in [0.3, 0.4) is 0 Å². The number of hydrogen-bond donors (Lipinski definition) is 0. The Morgan fingerprint density at radius 3 is 2.63 bits per heavy atom. The van der Waals surface area contributed by atoms with Crippen molar-refractivity contribution in [3.63, 3.8) is 0 Å². The largest absolute Gasteiger partial charge is 0.338 e. The summed E-state index contributed by atoms with van der Waals surface area (Å²) in [5.74, 6) is 2.31. The van der Waals surface area contributed by atoms with Gasteiger partial charge in [0.1, 0.15) is 0 Å². The highest BCUT2D eigenvalue weighted by atomic mass is 32.2. The molecule has 102 valence electrons. The van der Waals surface area contributed by atoms with E-state index >= 15 is 0 Å². The Morgan fingerprint density at radius 1 is 1.32 bits per heavy atom. The van der Waals surface area contributed by atoms with E-state index in [0.29, 0.717) is 5.75 Å². The minimum absolute atomic E-state index is 0.209. The van der Waals surface area contributed by atoms with E-state index in [-0.39, 0.29) is 5.91 Å². The monoisotopic (exact) mass is 278 g/mol. The summed E-state index contributed by atoms with van der Waals surface area (Å²) in [5, 5.41) is 0. The van der Waals surface area contributed by atoms with Crippen molar-refractivity contribution in [2.45, 2.75) is 0 Å². The fourth-order valence-electron chi connectivity index (χ4n) is 1.93. The van der Waals surface area contributed by atoms with Crippen LogP contribution in [0.2, 0.25) is 0 Å². The second-order valence-corrected chi connectivity index (χ2v) is 5.25. The predicted molar refractivity (Wildman–Crippen MR) is 78.3 cm³/mol. The first-order chi connectivity index (χ1) is 9.31. The summed E-state index contributed by atoms with van der Waals surface area (Å²) >= 11 is 1.60. The molecule has 1 aromatic heterocycles. The lowest BCUT2D eigenvalue weighted by Crippen LogP contribution is -2.49. The van der Waals surface area contributed by atoms with Gasteiger partial charge < -0.3 is 9.80 Å². The van der Waals surface area contributed by atoms with Gasteiger partial charge >= 0.3 is 0 Å². The highest BCUT2D eigenvalue weighted by Crippen LogP contribution is 2.11. The molecule has 1 aliphatic rings. The number of carbonyl (C=O) groups is 1. The fourth-order valence-corrected chi connectivity index (χ4v) is 2.57.